The Labute approximate surface area is 321 Å². The van der Waals surface area contributed by atoms with Crippen LogP contribution < -0.4 is 5.32 Å². The molecule has 0 heterocycles. The molecule has 0 saturated heterocycles. The minimum absolute atomic E-state index is 0.0751. The molecule has 6 nitrogen and oxygen atoms in total. The minimum Gasteiger partial charge on any atom is -0.480 e. The Bertz CT molecular complexity index is 895. The number of hydrogen-bond acceptors (Lipinski definition) is 4. The van der Waals surface area contributed by atoms with E-state index in [1.165, 1.54) is 122 Å². The van der Waals surface area contributed by atoms with Gasteiger partial charge in [0.05, 0.1) is 0 Å². The van der Waals surface area contributed by atoms with E-state index in [4.69, 9.17) is 9.84 Å². The first kappa shape index (κ1) is 49.6. The van der Waals surface area contributed by atoms with Crippen LogP contribution in [-0.2, 0) is 19.1 Å². The number of nitrogens with one attached hydrogen (secondary N) is 1. The average Bonchev–Trinajstić information content (AvgIpc) is 3.13. The number of unbranched alkanes of at least 4 members (excludes halogenated alkanes) is 25. The van der Waals surface area contributed by atoms with E-state index >= 15 is 0 Å². The number of hydrogen-bond donors (Lipinski definition) is 2. The van der Waals surface area contributed by atoms with E-state index in [1.807, 2.05) is 0 Å². The Kier molecular flexibility index (Phi) is 39.5. The summed E-state index contributed by atoms with van der Waals surface area (Å²) in [5.74, 6) is -1.29. The largest absolute Gasteiger partial charge is 0.480 e. The molecule has 1 atom stereocenters. The molecule has 0 saturated carbocycles. The lowest BCUT2D eigenvalue weighted by Gasteiger charge is -2.14. The second-order valence-corrected chi connectivity index (χ2v) is 14.9. The third kappa shape index (κ3) is 40.4. The molecule has 52 heavy (non-hydrogen) atoms. The van der Waals surface area contributed by atoms with Crippen LogP contribution in [0.2, 0.25) is 0 Å². The van der Waals surface area contributed by atoms with Gasteiger partial charge in [-0.25, -0.2) is 0 Å². The van der Waals surface area contributed by atoms with Crippen molar-refractivity contribution < 1.29 is 24.2 Å². The van der Waals surface area contributed by atoms with Crippen LogP contribution in [0.25, 0.3) is 0 Å². The molecule has 0 aromatic rings. The van der Waals surface area contributed by atoms with E-state index in [9.17, 15) is 14.4 Å². The maximum atomic E-state index is 12.7. The molecular weight excluding hydrogens is 647 g/mol. The molecule has 0 aliphatic heterocycles. The molecule has 0 aromatic heterocycles. The van der Waals surface area contributed by atoms with Gasteiger partial charge in [0, 0.05) is 12.8 Å². The quantitative estimate of drug-likeness (QED) is 0.0372. The van der Waals surface area contributed by atoms with Crippen LogP contribution >= 0.6 is 0 Å². The van der Waals surface area contributed by atoms with Crippen LogP contribution in [0.1, 0.15) is 226 Å². The number of carbonyl (C=O) groups is 3. The van der Waals surface area contributed by atoms with Gasteiger partial charge in [0.1, 0.15) is 12.6 Å². The van der Waals surface area contributed by atoms with Gasteiger partial charge in [-0.15, -0.1) is 0 Å². The SMILES string of the molecule is CC/C=C\C/C=C\C/C=C\C(CCCCCCCCC(=O)NCC(=O)O)OC(=O)CCCCCCCCCCCCCCCCCCCCCCC. The van der Waals surface area contributed by atoms with E-state index in [0.717, 1.165) is 77.0 Å². The second kappa shape index (κ2) is 41.4. The van der Waals surface area contributed by atoms with Crippen molar-refractivity contribution in [2.75, 3.05) is 6.54 Å². The van der Waals surface area contributed by atoms with Crippen molar-refractivity contribution in [1.82, 2.24) is 5.32 Å². The van der Waals surface area contributed by atoms with Crippen LogP contribution in [0, 0.1) is 0 Å². The molecule has 6 heteroatoms. The number of amides is 1. The summed E-state index contributed by atoms with van der Waals surface area (Å²) in [7, 11) is 0. The van der Waals surface area contributed by atoms with E-state index in [1.54, 1.807) is 0 Å². The molecule has 0 fully saturated rings. The molecule has 0 spiro atoms. The molecule has 0 aliphatic rings. The van der Waals surface area contributed by atoms with Gasteiger partial charge >= 0.3 is 11.9 Å². The first-order valence-corrected chi connectivity index (χ1v) is 22.1. The highest BCUT2D eigenvalue weighted by Crippen LogP contribution is 2.17. The van der Waals surface area contributed by atoms with Crippen LogP contribution in [0.4, 0.5) is 0 Å². The fourth-order valence-corrected chi connectivity index (χ4v) is 6.57. The number of carboxylic acid groups (broad SMARTS) is 1. The van der Waals surface area contributed by atoms with Gasteiger partial charge in [-0.1, -0.05) is 198 Å². The summed E-state index contributed by atoms with van der Waals surface area (Å²) in [6, 6.07) is 0. The third-order valence-electron chi connectivity index (χ3n) is 9.81. The lowest BCUT2D eigenvalue weighted by atomic mass is 10.0. The topological polar surface area (TPSA) is 92.7 Å². The first-order chi connectivity index (χ1) is 25.5. The molecule has 302 valence electrons. The summed E-state index contributed by atoms with van der Waals surface area (Å²) in [6.45, 7) is 4.11. The molecule has 0 aliphatic carbocycles. The Morgan fingerprint density at radius 1 is 0.519 bits per heavy atom. The second-order valence-electron chi connectivity index (χ2n) is 14.9. The van der Waals surface area contributed by atoms with Crippen molar-refractivity contribution in [3.05, 3.63) is 36.5 Å². The molecule has 1 unspecified atom stereocenters. The minimum atomic E-state index is -1.02. The number of carboxylic acids is 1. The highest BCUT2D eigenvalue weighted by Gasteiger charge is 2.11. The number of ether oxygens (including phenoxy) is 1. The molecule has 0 bridgehead atoms. The monoisotopic (exact) mass is 730 g/mol. The van der Waals surface area contributed by atoms with Gasteiger partial charge < -0.3 is 15.2 Å². The van der Waals surface area contributed by atoms with E-state index in [0.29, 0.717) is 12.8 Å². The Morgan fingerprint density at radius 2 is 0.923 bits per heavy atom. The summed E-state index contributed by atoms with van der Waals surface area (Å²) in [6.07, 6.45) is 51.7. The molecular formula is C46H83NO5. The maximum Gasteiger partial charge on any atom is 0.322 e. The van der Waals surface area contributed by atoms with Gasteiger partial charge in [0.25, 0.3) is 0 Å². The third-order valence-corrected chi connectivity index (χ3v) is 9.81. The molecule has 1 amide bonds. The lowest BCUT2D eigenvalue weighted by molar-refractivity contribution is -0.147. The molecule has 0 rings (SSSR count). The normalized spacial score (nSPS) is 12.3. The van der Waals surface area contributed by atoms with Crippen molar-refractivity contribution >= 4 is 17.8 Å². The summed E-state index contributed by atoms with van der Waals surface area (Å²) in [5, 5.41) is 11.0. The average molecular weight is 730 g/mol. The van der Waals surface area contributed by atoms with Gasteiger partial charge in [0.2, 0.25) is 5.91 Å². The van der Waals surface area contributed by atoms with E-state index in [-0.39, 0.29) is 24.5 Å². The number of aliphatic carboxylic acids is 1. The molecule has 2 N–H and O–H groups in total. The number of carbonyl (C=O) groups excluding carboxylic acids is 2. The zero-order chi connectivity index (χ0) is 38.0. The predicted octanol–water partition coefficient (Wildman–Crippen LogP) is 13.7. The lowest BCUT2D eigenvalue weighted by Crippen LogP contribution is -2.28. The fraction of sp³-hybridized carbons (Fsp3) is 0.804. The van der Waals surface area contributed by atoms with E-state index < -0.39 is 5.97 Å². The van der Waals surface area contributed by atoms with Crippen molar-refractivity contribution in [3.63, 3.8) is 0 Å². The molecule has 0 aromatic carbocycles. The van der Waals surface area contributed by atoms with Gasteiger partial charge in [0.15, 0.2) is 0 Å². The standard InChI is InChI=1S/C46H83NO5/c1-3-5-7-9-11-13-14-15-16-17-18-19-20-21-22-23-24-25-27-33-37-41-46(51)52-43(38-34-30-26-12-10-8-6-4-2)39-35-31-28-29-32-36-40-44(48)47-42-45(49)50/h6,8,12,26,34,38,43H,3-5,7,9-11,13-25,27-33,35-37,39-42H2,1-2H3,(H,47,48)(H,49,50)/b8-6-,26-12-,38-34-. The predicted molar refractivity (Wildman–Crippen MR) is 222 cm³/mol. The Morgan fingerprint density at radius 3 is 1.38 bits per heavy atom. The van der Waals surface area contributed by atoms with Crippen LogP contribution in [-0.4, -0.2) is 35.6 Å². The smallest absolute Gasteiger partial charge is 0.322 e. The summed E-state index contributed by atoms with van der Waals surface area (Å²) in [5.41, 5.74) is 0. The highest BCUT2D eigenvalue weighted by molar-refractivity contribution is 5.80. The summed E-state index contributed by atoms with van der Waals surface area (Å²) < 4.78 is 5.92. The summed E-state index contributed by atoms with van der Waals surface area (Å²) in [4.78, 5) is 34.9. The van der Waals surface area contributed by atoms with Crippen molar-refractivity contribution in [1.29, 1.82) is 0 Å². The van der Waals surface area contributed by atoms with Gasteiger partial charge in [-0.3, -0.25) is 14.4 Å². The van der Waals surface area contributed by atoms with Crippen molar-refractivity contribution in [3.8, 4) is 0 Å². The maximum absolute atomic E-state index is 12.7. The Balaban J connectivity index is 3.99. The van der Waals surface area contributed by atoms with Gasteiger partial charge in [-0.2, -0.15) is 0 Å². The zero-order valence-corrected chi connectivity index (χ0v) is 34.2. The fourth-order valence-electron chi connectivity index (χ4n) is 6.57. The highest BCUT2D eigenvalue weighted by atomic mass is 16.5. The molecule has 0 radical (unpaired) electrons. The van der Waals surface area contributed by atoms with Gasteiger partial charge in [-0.05, 0) is 51.0 Å². The number of rotatable bonds is 40. The Hall–Kier alpha value is -2.37. The number of esters is 1. The van der Waals surface area contributed by atoms with Crippen LogP contribution in [0.15, 0.2) is 36.5 Å². The van der Waals surface area contributed by atoms with E-state index in [2.05, 4.69) is 55.6 Å². The first-order valence-electron chi connectivity index (χ1n) is 22.1. The van der Waals surface area contributed by atoms with Crippen molar-refractivity contribution in [2.24, 2.45) is 0 Å². The van der Waals surface area contributed by atoms with Crippen LogP contribution in [0.5, 0.6) is 0 Å². The summed E-state index contributed by atoms with van der Waals surface area (Å²) >= 11 is 0. The van der Waals surface area contributed by atoms with Crippen molar-refractivity contribution in [2.45, 2.75) is 232 Å². The number of allylic oxidation sites excluding steroid dienone is 5. The zero-order valence-electron chi connectivity index (χ0n) is 34.2. The van der Waals surface area contributed by atoms with Crippen LogP contribution in [0.3, 0.4) is 0 Å².